The molecule has 4 nitrogen and oxygen atoms in total. The predicted molar refractivity (Wildman–Crippen MR) is 218 cm³/mol. The maximum absolute atomic E-state index is 12.2. The molecule has 0 unspecified atom stereocenters. The largest absolute Gasteiger partial charge is 0.398 e. The van der Waals surface area contributed by atoms with Gasteiger partial charge in [0.1, 0.15) is 0 Å². The Morgan fingerprint density at radius 1 is 0.385 bits per heavy atom. The van der Waals surface area contributed by atoms with Crippen LogP contribution in [0.1, 0.15) is 99.9 Å². The standard InChI is InChI=1S/C24H25NO2.C24H27N/c1-23(2,18-12-7-5-8-13-18)20-16-11-17-21(22(20)25(26)27)24(3,4)19-14-9-6-10-15-19;1-23(2,18-12-7-5-8-13-18)20-16-11-17-21(22(20)25)24(3,4)19-14-9-6-10-15-19/h5-17H,1-4H3;5-17H,25H2,1-4H3. The van der Waals surface area contributed by atoms with Crippen molar-refractivity contribution in [1.29, 1.82) is 0 Å². The highest BCUT2D eigenvalue weighted by Crippen LogP contribution is 2.45. The van der Waals surface area contributed by atoms with Crippen LogP contribution in [-0.2, 0) is 21.7 Å². The predicted octanol–water partition coefficient (Wildman–Crippen LogP) is 12.2. The number of nitro benzene ring substituents is 1. The number of nitrogens with zero attached hydrogens (tertiary/aromatic N) is 1. The number of benzene rings is 6. The Labute approximate surface area is 310 Å². The van der Waals surface area contributed by atoms with Gasteiger partial charge in [-0.15, -0.1) is 0 Å². The van der Waals surface area contributed by atoms with Gasteiger partial charge in [-0.05, 0) is 33.4 Å². The molecule has 0 saturated carbocycles. The topological polar surface area (TPSA) is 69.2 Å². The first-order valence-corrected chi connectivity index (χ1v) is 18.0. The minimum absolute atomic E-state index is 0.145. The summed E-state index contributed by atoms with van der Waals surface area (Å²) in [5.74, 6) is 0. The lowest BCUT2D eigenvalue weighted by atomic mass is 9.72. The molecule has 0 aliphatic carbocycles. The van der Waals surface area contributed by atoms with Gasteiger partial charge in [-0.3, -0.25) is 10.1 Å². The molecule has 0 radical (unpaired) electrons. The van der Waals surface area contributed by atoms with Crippen molar-refractivity contribution in [3.05, 3.63) is 212 Å². The number of hydrogen-bond donors (Lipinski definition) is 1. The minimum Gasteiger partial charge on any atom is -0.398 e. The van der Waals surface area contributed by atoms with Crippen LogP contribution < -0.4 is 5.73 Å². The summed E-state index contributed by atoms with van der Waals surface area (Å²) in [6.07, 6.45) is 0. The number of nitrogen functional groups attached to an aromatic ring is 1. The molecule has 4 heteroatoms. The van der Waals surface area contributed by atoms with Gasteiger partial charge >= 0.3 is 0 Å². The van der Waals surface area contributed by atoms with Crippen LogP contribution in [0.15, 0.2) is 158 Å². The van der Waals surface area contributed by atoms with Gasteiger partial charge in [0.15, 0.2) is 0 Å². The molecule has 0 aliphatic rings. The second-order valence-electron chi connectivity index (χ2n) is 15.7. The van der Waals surface area contributed by atoms with E-state index in [1.54, 1.807) is 0 Å². The van der Waals surface area contributed by atoms with Crippen LogP contribution >= 0.6 is 0 Å². The van der Waals surface area contributed by atoms with Crippen molar-refractivity contribution in [3.8, 4) is 0 Å². The zero-order valence-corrected chi connectivity index (χ0v) is 31.9. The number of rotatable bonds is 9. The minimum atomic E-state index is -0.480. The van der Waals surface area contributed by atoms with Gasteiger partial charge in [0.2, 0.25) is 0 Å². The van der Waals surface area contributed by atoms with Crippen molar-refractivity contribution in [2.45, 2.75) is 77.0 Å². The van der Waals surface area contributed by atoms with Gasteiger partial charge in [0, 0.05) is 38.5 Å². The van der Waals surface area contributed by atoms with E-state index in [0.717, 1.165) is 27.9 Å². The lowest BCUT2D eigenvalue weighted by Gasteiger charge is -2.33. The molecule has 0 aliphatic heterocycles. The number of anilines is 1. The van der Waals surface area contributed by atoms with E-state index >= 15 is 0 Å². The molecule has 0 atom stereocenters. The fourth-order valence-electron chi connectivity index (χ4n) is 7.45. The number of para-hydroxylation sites is 2. The number of hydrogen-bond acceptors (Lipinski definition) is 3. The fourth-order valence-corrected chi connectivity index (χ4v) is 7.45. The maximum Gasteiger partial charge on any atom is 0.277 e. The molecular weight excluding hydrogens is 637 g/mol. The maximum atomic E-state index is 12.2. The van der Waals surface area contributed by atoms with Crippen molar-refractivity contribution in [1.82, 2.24) is 0 Å². The average Bonchev–Trinajstić information content (AvgIpc) is 3.16. The third kappa shape index (κ3) is 7.43. The molecule has 0 fully saturated rings. The molecule has 266 valence electrons. The van der Waals surface area contributed by atoms with E-state index in [0.29, 0.717) is 0 Å². The lowest BCUT2D eigenvalue weighted by molar-refractivity contribution is -0.387. The van der Waals surface area contributed by atoms with E-state index in [-0.39, 0.29) is 21.4 Å². The summed E-state index contributed by atoms with van der Waals surface area (Å²) in [4.78, 5) is 12.0. The molecule has 6 aromatic rings. The summed E-state index contributed by atoms with van der Waals surface area (Å²) < 4.78 is 0. The van der Waals surface area contributed by atoms with Crippen LogP contribution in [0.25, 0.3) is 0 Å². The Balaban J connectivity index is 0.000000202. The van der Waals surface area contributed by atoms with Gasteiger partial charge in [0.05, 0.1) is 4.92 Å². The molecule has 2 N–H and O–H groups in total. The summed E-state index contributed by atoms with van der Waals surface area (Å²) in [7, 11) is 0. The Hall–Kier alpha value is -5.48. The Morgan fingerprint density at radius 3 is 0.865 bits per heavy atom. The van der Waals surface area contributed by atoms with E-state index < -0.39 is 10.8 Å². The van der Waals surface area contributed by atoms with E-state index in [4.69, 9.17) is 5.73 Å². The van der Waals surface area contributed by atoms with Crippen LogP contribution in [0.3, 0.4) is 0 Å². The second kappa shape index (κ2) is 15.0. The molecule has 6 rings (SSSR count). The van der Waals surface area contributed by atoms with Crippen LogP contribution in [0.5, 0.6) is 0 Å². The Morgan fingerprint density at radius 2 is 0.615 bits per heavy atom. The van der Waals surface area contributed by atoms with E-state index in [9.17, 15) is 10.1 Å². The van der Waals surface area contributed by atoms with Crippen molar-refractivity contribution in [2.75, 3.05) is 5.73 Å². The fraction of sp³-hybridized carbons (Fsp3) is 0.250. The molecule has 0 saturated heterocycles. The Bertz CT molecular complexity index is 1960. The third-order valence-electron chi connectivity index (χ3n) is 11.0. The Kier molecular flexibility index (Phi) is 10.9. The summed E-state index contributed by atoms with van der Waals surface area (Å²) in [6, 6.07) is 53.2. The quantitative estimate of drug-likeness (QED) is 0.0934. The van der Waals surface area contributed by atoms with Crippen LogP contribution in [0.2, 0.25) is 0 Å². The zero-order valence-electron chi connectivity index (χ0n) is 31.9. The highest BCUT2D eigenvalue weighted by atomic mass is 16.6. The summed E-state index contributed by atoms with van der Waals surface area (Å²) in [5.41, 5.74) is 15.1. The molecule has 0 spiro atoms. The first-order valence-electron chi connectivity index (χ1n) is 18.0. The van der Waals surface area contributed by atoms with Gasteiger partial charge in [-0.25, -0.2) is 0 Å². The molecular formula is C48H52N2O2. The molecule has 0 heterocycles. The SMILES string of the molecule is CC(C)(c1ccccc1)c1cccc(C(C)(C)c2ccccc2)c1N.CC(C)(c1ccccc1)c1cccc(C(C)(C)c2ccccc2)c1[N+](=O)[O-]. The van der Waals surface area contributed by atoms with E-state index in [1.807, 2.05) is 107 Å². The summed E-state index contributed by atoms with van der Waals surface area (Å²) in [5, 5.41) is 12.2. The monoisotopic (exact) mass is 688 g/mol. The van der Waals surface area contributed by atoms with Gasteiger partial charge in [-0.1, -0.05) is 213 Å². The van der Waals surface area contributed by atoms with Crippen molar-refractivity contribution < 1.29 is 4.92 Å². The highest BCUT2D eigenvalue weighted by Gasteiger charge is 2.38. The molecule has 52 heavy (non-hydrogen) atoms. The third-order valence-corrected chi connectivity index (χ3v) is 11.0. The molecule has 0 amide bonds. The zero-order chi connectivity index (χ0) is 37.7. The van der Waals surface area contributed by atoms with Crippen molar-refractivity contribution >= 4 is 11.4 Å². The van der Waals surface area contributed by atoms with Crippen molar-refractivity contribution in [3.63, 3.8) is 0 Å². The summed E-state index contributed by atoms with van der Waals surface area (Å²) >= 11 is 0. The van der Waals surface area contributed by atoms with Crippen LogP contribution in [0, 0.1) is 10.1 Å². The average molecular weight is 689 g/mol. The van der Waals surface area contributed by atoms with E-state index in [2.05, 4.69) is 107 Å². The van der Waals surface area contributed by atoms with Crippen molar-refractivity contribution in [2.24, 2.45) is 0 Å². The first-order chi connectivity index (χ1) is 24.6. The van der Waals surface area contributed by atoms with Gasteiger partial charge in [-0.2, -0.15) is 0 Å². The molecule has 6 aromatic carbocycles. The second-order valence-corrected chi connectivity index (χ2v) is 15.7. The highest BCUT2D eigenvalue weighted by molar-refractivity contribution is 5.63. The number of nitro groups is 1. The smallest absolute Gasteiger partial charge is 0.277 e. The summed E-state index contributed by atoms with van der Waals surface area (Å²) in [6.45, 7) is 17.2. The van der Waals surface area contributed by atoms with Crippen LogP contribution in [0.4, 0.5) is 11.4 Å². The molecule has 0 aromatic heterocycles. The van der Waals surface area contributed by atoms with Gasteiger partial charge in [0.25, 0.3) is 5.69 Å². The van der Waals surface area contributed by atoms with Crippen LogP contribution in [-0.4, -0.2) is 4.92 Å². The van der Waals surface area contributed by atoms with E-state index in [1.165, 1.54) is 22.3 Å². The first kappa shape index (κ1) is 37.8. The molecule has 0 bridgehead atoms. The normalized spacial score (nSPS) is 12.1. The number of nitrogens with two attached hydrogens (primary N) is 1. The lowest BCUT2D eigenvalue weighted by Crippen LogP contribution is -2.25. The van der Waals surface area contributed by atoms with Gasteiger partial charge < -0.3 is 5.73 Å².